The lowest BCUT2D eigenvalue weighted by molar-refractivity contribution is 0.505. The van der Waals surface area contributed by atoms with Crippen LogP contribution in [0.4, 0.5) is 8.78 Å². The van der Waals surface area contributed by atoms with E-state index < -0.39 is 11.6 Å². The average molecular weight is 360 g/mol. The number of thioether (sulfide) groups is 1. The number of hydrogen-bond acceptors (Lipinski definition) is 6. The Morgan fingerprint density at radius 2 is 1.96 bits per heavy atom. The van der Waals surface area contributed by atoms with Gasteiger partial charge in [-0.15, -0.1) is 10.2 Å². The summed E-state index contributed by atoms with van der Waals surface area (Å²) in [5.74, 6) is 0.349. The molecule has 0 fully saturated rings. The molecule has 0 radical (unpaired) electrons. The van der Waals surface area contributed by atoms with Crippen LogP contribution in [0.25, 0.3) is 22.9 Å². The number of furan rings is 1. The normalized spacial score (nSPS) is 11.1. The molecule has 2 N–H and O–H groups in total. The van der Waals surface area contributed by atoms with E-state index in [2.05, 4.69) is 30.4 Å². The molecule has 0 saturated heterocycles. The van der Waals surface area contributed by atoms with Crippen molar-refractivity contribution in [3.8, 4) is 22.9 Å². The number of H-pyrrole nitrogens is 2. The quantitative estimate of drug-likeness (QED) is 0.530. The van der Waals surface area contributed by atoms with Gasteiger partial charge in [-0.3, -0.25) is 5.10 Å². The van der Waals surface area contributed by atoms with Gasteiger partial charge in [0, 0.05) is 0 Å². The summed E-state index contributed by atoms with van der Waals surface area (Å²) in [4.78, 5) is 7.01. The van der Waals surface area contributed by atoms with Crippen LogP contribution in [0, 0.1) is 11.6 Å². The van der Waals surface area contributed by atoms with Crippen LogP contribution in [0.3, 0.4) is 0 Å². The Hall–Kier alpha value is -3.01. The van der Waals surface area contributed by atoms with E-state index in [1.807, 2.05) is 0 Å². The number of nitrogens with one attached hydrogen (secondary N) is 2. The summed E-state index contributed by atoms with van der Waals surface area (Å²) in [7, 11) is 0. The number of aromatic amines is 2. The van der Waals surface area contributed by atoms with Crippen LogP contribution in [0.15, 0.2) is 46.2 Å². The molecule has 0 aliphatic rings. The third-order valence-electron chi connectivity index (χ3n) is 3.33. The molecule has 126 valence electrons. The van der Waals surface area contributed by atoms with Crippen molar-refractivity contribution in [3.05, 3.63) is 54.1 Å². The highest BCUT2D eigenvalue weighted by molar-refractivity contribution is 7.98. The zero-order valence-electron chi connectivity index (χ0n) is 12.5. The van der Waals surface area contributed by atoms with Gasteiger partial charge in [-0.05, 0) is 24.3 Å². The molecule has 4 aromatic rings. The van der Waals surface area contributed by atoms with Gasteiger partial charge in [-0.1, -0.05) is 17.8 Å². The van der Waals surface area contributed by atoms with E-state index in [0.29, 0.717) is 28.3 Å². The zero-order chi connectivity index (χ0) is 17.2. The third kappa shape index (κ3) is 3.15. The van der Waals surface area contributed by atoms with Gasteiger partial charge in [-0.2, -0.15) is 5.10 Å². The van der Waals surface area contributed by atoms with E-state index >= 15 is 0 Å². The molecule has 0 spiro atoms. The topological polar surface area (TPSA) is 96.3 Å². The number of rotatable bonds is 5. The predicted molar refractivity (Wildman–Crippen MR) is 85.4 cm³/mol. The highest BCUT2D eigenvalue weighted by Gasteiger charge is 2.16. The Morgan fingerprint density at radius 1 is 1.08 bits per heavy atom. The second kappa shape index (κ2) is 6.48. The molecule has 0 aliphatic carbocycles. The van der Waals surface area contributed by atoms with Crippen molar-refractivity contribution >= 4 is 11.8 Å². The van der Waals surface area contributed by atoms with Gasteiger partial charge in [0.15, 0.2) is 28.4 Å². The molecule has 0 atom stereocenters. The molecule has 0 unspecified atom stereocenters. The predicted octanol–water partition coefficient (Wildman–Crippen LogP) is 3.42. The van der Waals surface area contributed by atoms with Crippen molar-refractivity contribution in [1.29, 1.82) is 0 Å². The summed E-state index contributed by atoms with van der Waals surface area (Å²) in [6.07, 6.45) is 1.43. The molecule has 0 amide bonds. The Balaban J connectivity index is 1.53. The molecule has 25 heavy (non-hydrogen) atoms. The van der Waals surface area contributed by atoms with Gasteiger partial charge in [0.05, 0.1) is 11.3 Å². The van der Waals surface area contributed by atoms with Crippen LogP contribution >= 0.6 is 11.8 Å². The molecule has 0 aliphatic heterocycles. The maximum absolute atomic E-state index is 13.9. The molecular weight excluding hydrogens is 350 g/mol. The number of aromatic nitrogens is 6. The Labute approximate surface area is 143 Å². The molecule has 3 heterocycles. The van der Waals surface area contributed by atoms with Crippen molar-refractivity contribution in [2.75, 3.05) is 0 Å². The molecule has 1 aromatic carbocycles. The fourth-order valence-electron chi connectivity index (χ4n) is 2.16. The lowest BCUT2D eigenvalue weighted by atomic mass is 10.1. The van der Waals surface area contributed by atoms with Crippen LogP contribution in [-0.4, -0.2) is 30.4 Å². The van der Waals surface area contributed by atoms with Crippen molar-refractivity contribution < 1.29 is 13.2 Å². The van der Waals surface area contributed by atoms with Gasteiger partial charge < -0.3 is 9.40 Å². The maximum Gasteiger partial charge on any atom is 0.197 e. The van der Waals surface area contributed by atoms with Crippen LogP contribution in [0.1, 0.15) is 5.82 Å². The lowest BCUT2D eigenvalue weighted by Crippen LogP contribution is -1.87. The summed E-state index contributed by atoms with van der Waals surface area (Å²) in [5, 5.41) is 15.1. The standard InChI is InChI=1S/C15H10F2N6OS/c16-9-3-1-2-8(13(9)17)10-4-5-11(24-10)14-20-15(23-22-14)25-6-12-18-7-19-21-12/h1-5,7H,6H2,(H,18,19,21)(H,20,22,23). The summed E-state index contributed by atoms with van der Waals surface area (Å²) < 4.78 is 32.8. The van der Waals surface area contributed by atoms with Gasteiger partial charge in [0.25, 0.3) is 0 Å². The van der Waals surface area contributed by atoms with E-state index in [4.69, 9.17) is 4.42 Å². The summed E-state index contributed by atoms with van der Waals surface area (Å²) >= 11 is 1.39. The molecule has 7 nitrogen and oxygen atoms in total. The molecule has 0 bridgehead atoms. The Bertz CT molecular complexity index is 997. The van der Waals surface area contributed by atoms with E-state index in [1.54, 1.807) is 12.1 Å². The first kappa shape index (κ1) is 15.5. The van der Waals surface area contributed by atoms with Crippen LogP contribution < -0.4 is 0 Å². The minimum atomic E-state index is -0.954. The fraction of sp³-hybridized carbons (Fsp3) is 0.0667. The first-order valence-corrected chi connectivity index (χ1v) is 8.13. The van der Waals surface area contributed by atoms with Crippen molar-refractivity contribution in [1.82, 2.24) is 30.4 Å². The Kier molecular flexibility index (Phi) is 4.02. The zero-order valence-corrected chi connectivity index (χ0v) is 13.3. The Morgan fingerprint density at radius 3 is 2.80 bits per heavy atom. The van der Waals surface area contributed by atoms with Crippen LogP contribution in [0.5, 0.6) is 0 Å². The third-order valence-corrected chi connectivity index (χ3v) is 4.21. The van der Waals surface area contributed by atoms with E-state index in [1.165, 1.54) is 30.2 Å². The number of hydrogen-bond donors (Lipinski definition) is 2. The lowest BCUT2D eigenvalue weighted by Gasteiger charge is -1.99. The largest absolute Gasteiger partial charge is 0.453 e. The summed E-state index contributed by atoms with van der Waals surface area (Å²) in [6.45, 7) is 0. The molecule has 0 saturated carbocycles. The molecule has 3 aromatic heterocycles. The van der Waals surface area contributed by atoms with Crippen LogP contribution in [-0.2, 0) is 5.75 Å². The van der Waals surface area contributed by atoms with E-state index in [0.717, 1.165) is 6.07 Å². The molecular formula is C15H10F2N6OS. The van der Waals surface area contributed by atoms with E-state index in [9.17, 15) is 8.78 Å². The average Bonchev–Trinajstić information content (AvgIpc) is 3.36. The first-order chi connectivity index (χ1) is 12.2. The number of benzene rings is 1. The fourth-order valence-corrected chi connectivity index (χ4v) is 2.84. The van der Waals surface area contributed by atoms with Crippen molar-refractivity contribution in [2.24, 2.45) is 0 Å². The SMILES string of the molecule is Fc1cccc(-c2ccc(-c3nnc(SCc4ncn[nH]4)[nH]3)o2)c1F. The molecule has 4 rings (SSSR count). The van der Waals surface area contributed by atoms with Gasteiger partial charge >= 0.3 is 0 Å². The van der Waals surface area contributed by atoms with Crippen molar-refractivity contribution in [2.45, 2.75) is 10.9 Å². The first-order valence-electron chi connectivity index (χ1n) is 7.15. The van der Waals surface area contributed by atoms with Gasteiger partial charge in [0.1, 0.15) is 17.9 Å². The maximum atomic E-state index is 13.9. The van der Waals surface area contributed by atoms with Crippen LogP contribution in [0.2, 0.25) is 0 Å². The monoisotopic (exact) mass is 360 g/mol. The highest BCUT2D eigenvalue weighted by Crippen LogP contribution is 2.30. The smallest absolute Gasteiger partial charge is 0.197 e. The minimum Gasteiger partial charge on any atom is -0.453 e. The highest BCUT2D eigenvalue weighted by atomic mass is 32.2. The number of halogens is 2. The summed E-state index contributed by atoms with van der Waals surface area (Å²) in [5.41, 5.74) is 0.0469. The minimum absolute atomic E-state index is 0.0469. The second-order valence-corrected chi connectivity index (χ2v) is 5.93. The number of nitrogens with zero attached hydrogens (tertiary/aromatic N) is 4. The summed E-state index contributed by atoms with van der Waals surface area (Å²) in [6, 6.07) is 7.09. The van der Waals surface area contributed by atoms with E-state index in [-0.39, 0.29) is 11.3 Å². The van der Waals surface area contributed by atoms with Gasteiger partial charge in [0.2, 0.25) is 0 Å². The second-order valence-electron chi connectivity index (χ2n) is 4.96. The molecule has 10 heteroatoms. The van der Waals surface area contributed by atoms with Crippen molar-refractivity contribution in [3.63, 3.8) is 0 Å². The van der Waals surface area contributed by atoms with Gasteiger partial charge in [-0.25, -0.2) is 13.8 Å².